The molecule has 6 heteroatoms. The van der Waals surface area contributed by atoms with Crippen LogP contribution in [0, 0.1) is 0 Å². The minimum absolute atomic E-state index is 0.178. The number of methoxy groups -OCH3 is 1. The zero-order chi connectivity index (χ0) is 15.4. The smallest absolute Gasteiger partial charge is 0.221 e. The molecule has 0 heterocycles. The van der Waals surface area contributed by atoms with E-state index in [-0.39, 0.29) is 5.91 Å². The zero-order valence-corrected chi connectivity index (χ0v) is 13.0. The Morgan fingerprint density at radius 3 is 2.48 bits per heavy atom. The fourth-order valence-corrected chi connectivity index (χ4v) is 2.16. The molecule has 110 valence electrons. The van der Waals surface area contributed by atoms with Crippen LogP contribution in [0.4, 0.5) is 5.69 Å². The number of rotatable bonds is 4. The van der Waals surface area contributed by atoms with Crippen LogP contribution in [0.2, 0.25) is 10.0 Å². The summed E-state index contributed by atoms with van der Waals surface area (Å²) >= 11 is 11.9. The highest BCUT2D eigenvalue weighted by atomic mass is 35.5. The van der Waals surface area contributed by atoms with Gasteiger partial charge in [0, 0.05) is 18.0 Å². The molecule has 0 aliphatic carbocycles. The Bertz CT molecular complexity index is 674. The van der Waals surface area contributed by atoms with Gasteiger partial charge in [-0.15, -0.1) is 0 Å². The lowest BCUT2D eigenvalue weighted by molar-refractivity contribution is -0.114. The fourth-order valence-electron chi connectivity index (χ4n) is 1.71. The molecule has 2 aromatic carbocycles. The molecular formula is C15H13Cl2NO3. The van der Waals surface area contributed by atoms with Crippen LogP contribution in [0.15, 0.2) is 36.4 Å². The van der Waals surface area contributed by atoms with Crippen LogP contribution < -0.4 is 14.8 Å². The second kappa shape index (κ2) is 6.70. The Hall–Kier alpha value is -1.91. The van der Waals surface area contributed by atoms with Crippen molar-refractivity contribution >= 4 is 34.8 Å². The molecule has 0 fully saturated rings. The Kier molecular flexibility index (Phi) is 4.94. The quantitative estimate of drug-likeness (QED) is 0.882. The number of anilines is 1. The lowest BCUT2D eigenvalue weighted by Gasteiger charge is -2.12. The molecule has 0 radical (unpaired) electrons. The molecule has 1 N–H and O–H groups in total. The van der Waals surface area contributed by atoms with Gasteiger partial charge in [-0.2, -0.15) is 0 Å². The van der Waals surface area contributed by atoms with Crippen LogP contribution in [-0.4, -0.2) is 13.0 Å². The van der Waals surface area contributed by atoms with E-state index in [0.29, 0.717) is 33.0 Å². The minimum atomic E-state index is -0.178. The summed E-state index contributed by atoms with van der Waals surface area (Å²) in [4.78, 5) is 11.1. The highest BCUT2D eigenvalue weighted by Crippen LogP contribution is 2.35. The molecule has 0 bridgehead atoms. The summed E-state index contributed by atoms with van der Waals surface area (Å²) in [6.45, 7) is 1.43. The number of ether oxygens (including phenoxy) is 2. The summed E-state index contributed by atoms with van der Waals surface area (Å²) in [7, 11) is 1.51. The number of amides is 1. The lowest BCUT2D eigenvalue weighted by atomic mass is 10.2. The molecule has 4 nitrogen and oxygen atoms in total. The van der Waals surface area contributed by atoms with Gasteiger partial charge in [0.05, 0.1) is 17.8 Å². The normalized spacial score (nSPS) is 10.1. The van der Waals surface area contributed by atoms with Gasteiger partial charge in [0.2, 0.25) is 5.91 Å². The summed E-state index contributed by atoms with van der Waals surface area (Å²) in [6.07, 6.45) is 0. The molecule has 1 amide bonds. The standard InChI is InChI=1S/C15H13Cl2NO3/c1-9(19)18-13-5-4-11(8-15(13)20-2)21-14-6-3-10(16)7-12(14)17/h3-8H,1-2H3,(H,18,19). The van der Waals surface area contributed by atoms with Crippen LogP contribution in [0.1, 0.15) is 6.92 Å². The van der Waals surface area contributed by atoms with E-state index in [1.165, 1.54) is 14.0 Å². The van der Waals surface area contributed by atoms with E-state index >= 15 is 0 Å². The minimum Gasteiger partial charge on any atom is -0.494 e. The molecule has 2 aromatic rings. The van der Waals surface area contributed by atoms with Crippen molar-refractivity contribution in [3.63, 3.8) is 0 Å². The Morgan fingerprint density at radius 1 is 1.10 bits per heavy atom. The third-order valence-electron chi connectivity index (χ3n) is 2.61. The number of hydrogen-bond acceptors (Lipinski definition) is 3. The third-order valence-corrected chi connectivity index (χ3v) is 3.14. The molecule has 0 unspecified atom stereocenters. The summed E-state index contributed by atoms with van der Waals surface area (Å²) in [5.41, 5.74) is 0.569. The predicted molar refractivity (Wildman–Crippen MR) is 83.8 cm³/mol. The van der Waals surface area contributed by atoms with Gasteiger partial charge in [0.1, 0.15) is 17.2 Å². The van der Waals surface area contributed by atoms with E-state index < -0.39 is 0 Å². The second-order valence-corrected chi connectivity index (χ2v) is 5.06. The largest absolute Gasteiger partial charge is 0.494 e. The number of carbonyl (C=O) groups excluding carboxylic acids is 1. The van der Waals surface area contributed by atoms with E-state index in [0.717, 1.165) is 0 Å². The van der Waals surface area contributed by atoms with Gasteiger partial charge < -0.3 is 14.8 Å². The maximum atomic E-state index is 11.1. The topological polar surface area (TPSA) is 47.6 Å². The number of nitrogens with one attached hydrogen (secondary N) is 1. The molecule has 2 rings (SSSR count). The van der Waals surface area contributed by atoms with E-state index in [4.69, 9.17) is 32.7 Å². The lowest BCUT2D eigenvalue weighted by Crippen LogP contribution is -2.07. The summed E-state index contributed by atoms with van der Waals surface area (Å²) < 4.78 is 10.9. The molecule has 0 saturated carbocycles. The Labute approximate surface area is 132 Å². The van der Waals surface area contributed by atoms with Crippen molar-refractivity contribution < 1.29 is 14.3 Å². The average Bonchev–Trinajstić information content (AvgIpc) is 2.43. The molecule has 21 heavy (non-hydrogen) atoms. The number of halogens is 2. The average molecular weight is 326 g/mol. The first kappa shape index (κ1) is 15.5. The molecule has 0 aliphatic rings. The van der Waals surface area contributed by atoms with Gasteiger partial charge in [0.25, 0.3) is 0 Å². The fraction of sp³-hybridized carbons (Fsp3) is 0.133. The first-order valence-corrected chi connectivity index (χ1v) is 6.83. The van der Waals surface area contributed by atoms with E-state index in [1.807, 2.05) is 0 Å². The SMILES string of the molecule is COc1cc(Oc2ccc(Cl)cc2Cl)ccc1NC(C)=O. The molecule has 0 saturated heterocycles. The maximum Gasteiger partial charge on any atom is 0.221 e. The van der Waals surface area contributed by atoms with Gasteiger partial charge in [-0.05, 0) is 30.3 Å². The zero-order valence-electron chi connectivity index (χ0n) is 11.4. The Morgan fingerprint density at radius 2 is 1.86 bits per heavy atom. The summed E-state index contributed by atoms with van der Waals surface area (Å²) in [5, 5.41) is 3.61. The van der Waals surface area contributed by atoms with Crippen molar-refractivity contribution in [1.29, 1.82) is 0 Å². The van der Waals surface area contributed by atoms with Gasteiger partial charge in [-0.3, -0.25) is 4.79 Å². The van der Waals surface area contributed by atoms with E-state index in [9.17, 15) is 4.79 Å². The van der Waals surface area contributed by atoms with E-state index in [2.05, 4.69) is 5.32 Å². The molecule has 0 spiro atoms. The van der Waals surface area contributed by atoms with Gasteiger partial charge in [0.15, 0.2) is 0 Å². The van der Waals surface area contributed by atoms with Crippen LogP contribution >= 0.6 is 23.2 Å². The summed E-state index contributed by atoms with van der Waals surface area (Å²) in [5.74, 6) is 1.33. The van der Waals surface area contributed by atoms with Gasteiger partial charge in [-0.1, -0.05) is 23.2 Å². The molecule has 0 aliphatic heterocycles. The highest BCUT2D eigenvalue weighted by molar-refractivity contribution is 6.35. The van der Waals surface area contributed by atoms with Crippen molar-refractivity contribution in [3.8, 4) is 17.2 Å². The maximum absolute atomic E-state index is 11.1. The molecule has 0 atom stereocenters. The Balaban J connectivity index is 2.26. The number of hydrogen-bond donors (Lipinski definition) is 1. The van der Waals surface area contributed by atoms with Gasteiger partial charge >= 0.3 is 0 Å². The summed E-state index contributed by atoms with van der Waals surface area (Å²) in [6, 6.07) is 10.0. The van der Waals surface area contributed by atoms with Crippen molar-refractivity contribution in [2.24, 2.45) is 0 Å². The monoisotopic (exact) mass is 325 g/mol. The van der Waals surface area contributed by atoms with Crippen LogP contribution in [-0.2, 0) is 4.79 Å². The molecular weight excluding hydrogens is 313 g/mol. The second-order valence-electron chi connectivity index (χ2n) is 4.22. The first-order valence-electron chi connectivity index (χ1n) is 6.08. The van der Waals surface area contributed by atoms with Crippen molar-refractivity contribution in [2.45, 2.75) is 6.92 Å². The predicted octanol–water partition coefficient (Wildman–Crippen LogP) is 4.75. The third kappa shape index (κ3) is 4.03. The number of carbonyl (C=O) groups is 1. The first-order chi connectivity index (χ1) is 9.99. The van der Waals surface area contributed by atoms with E-state index in [1.54, 1.807) is 36.4 Å². The van der Waals surface area contributed by atoms with Gasteiger partial charge in [-0.25, -0.2) is 0 Å². The van der Waals surface area contributed by atoms with Crippen LogP contribution in [0.25, 0.3) is 0 Å². The molecule has 0 aromatic heterocycles. The number of benzene rings is 2. The van der Waals surface area contributed by atoms with Crippen LogP contribution in [0.3, 0.4) is 0 Å². The van der Waals surface area contributed by atoms with Crippen molar-refractivity contribution in [3.05, 3.63) is 46.4 Å². The van der Waals surface area contributed by atoms with Crippen molar-refractivity contribution in [1.82, 2.24) is 0 Å². The van der Waals surface area contributed by atoms with Crippen LogP contribution in [0.5, 0.6) is 17.2 Å². The highest BCUT2D eigenvalue weighted by Gasteiger charge is 2.09. The van der Waals surface area contributed by atoms with Crippen molar-refractivity contribution in [2.75, 3.05) is 12.4 Å².